The number of piperidine rings is 1. The van der Waals surface area contributed by atoms with E-state index in [1.54, 1.807) is 0 Å². The Labute approximate surface area is 72.5 Å². The molecule has 0 spiro atoms. The van der Waals surface area contributed by atoms with Crippen LogP contribution in [0.2, 0.25) is 0 Å². The molecule has 2 aliphatic rings. The molecule has 1 amide bonds. The smallest absolute Gasteiger partial charge is 0.223 e. The number of rotatable bonds is 1. The summed E-state index contributed by atoms with van der Waals surface area (Å²) >= 11 is 0. The third-order valence-corrected chi connectivity index (χ3v) is 2.86. The lowest BCUT2D eigenvalue weighted by Gasteiger charge is -2.25. The largest absolute Gasteiger partial charge is 0.381 e. The summed E-state index contributed by atoms with van der Waals surface area (Å²) in [6, 6.07) is 0. The average molecular weight is 169 g/mol. The van der Waals surface area contributed by atoms with Crippen LogP contribution >= 0.6 is 0 Å². The van der Waals surface area contributed by atoms with Crippen molar-refractivity contribution < 1.29 is 9.53 Å². The summed E-state index contributed by atoms with van der Waals surface area (Å²) in [6.07, 6.45) is 3.25. The maximum atomic E-state index is 11.4. The molecule has 0 radical (unpaired) electrons. The Balaban J connectivity index is 1.95. The summed E-state index contributed by atoms with van der Waals surface area (Å²) in [7, 11) is 0. The molecule has 2 fully saturated rings. The fourth-order valence-electron chi connectivity index (χ4n) is 2.12. The van der Waals surface area contributed by atoms with Crippen molar-refractivity contribution in [3.8, 4) is 0 Å². The molecule has 0 aromatic heterocycles. The summed E-state index contributed by atoms with van der Waals surface area (Å²) < 4.78 is 5.28. The number of nitrogens with one attached hydrogen (secondary N) is 1. The Kier molecular flexibility index (Phi) is 2.30. The minimum absolute atomic E-state index is 0.237. The van der Waals surface area contributed by atoms with Crippen LogP contribution in [0.1, 0.15) is 19.3 Å². The Bertz CT molecular complexity index is 175. The van der Waals surface area contributed by atoms with Crippen LogP contribution in [0.25, 0.3) is 0 Å². The second-order valence-corrected chi connectivity index (χ2v) is 3.66. The maximum Gasteiger partial charge on any atom is 0.223 e. The van der Waals surface area contributed by atoms with Gasteiger partial charge in [-0.3, -0.25) is 4.79 Å². The summed E-state index contributed by atoms with van der Waals surface area (Å²) in [5, 5.41) is 2.91. The number of hydrogen-bond acceptors (Lipinski definition) is 2. The fourth-order valence-corrected chi connectivity index (χ4v) is 2.12. The van der Waals surface area contributed by atoms with Gasteiger partial charge in [-0.2, -0.15) is 0 Å². The molecule has 0 aromatic carbocycles. The van der Waals surface area contributed by atoms with Crippen LogP contribution in [0.15, 0.2) is 0 Å². The molecule has 3 heteroatoms. The van der Waals surface area contributed by atoms with Crippen molar-refractivity contribution in [1.82, 2.24) is 5.32 Å². The van der Waals surface area contributed by atoms with E-state index >= 15 is 0 Å². The quantitative estimate of drug-likeness (QED) is 0.622. The van der Waals surface area contributed by atoms with Crippen LogP contribution in [0.3, 0.4) is 0 Å². The van der Waals surface area contributed by atoms with Crippen molar-refractivity contribution in [3.63, 3.8) is 0 Å². The third-order valence-electron chi connectivity index (χ3n) is 2.86. The number of carbonyl (C=O) groups excluding carboxylic acids is 1. The maximum absolute atomic E-state index is 11.4. The molecule has 2 rings (SSSR count). The third kappa shape index (κ3) is 1.46. The molecule has 2 atom stereocenters. The van der Waals surface area contributed by atoms with Gasteiger partial charge in [0.05, 0.1) is 6.61 Å². The number of hydrogen-bond donors (Lipinski definition) is 1. The van der Waals surface area contributed by atoms with Gasteiger partial charge in [0.15, 0.2) is 0 Å². The van der Waals surface area contributed by atoms with Gasteiger partial charge in [-0.15, -0.1) is 0 Å². The van der Waals surface area contributed by atoms with Gasteiger partial charge < -0.3 is 10.1 Å². The lowest BCUT2D eigenvalue weighted by Crippen LogP contribution is -2.40. The van der Waals surface area contributed by atoms with Crippen LogP contribution in [-0.4, -0.2) is 25.7 Å². The molecule has 12 heavy (non-hydrogen) atoms. The first-order valence-corrected chi connectivity index (χ1v) is 4.73. The Morgan fingerprint density at radius 1 is 1.42 bits per heavy atom. The molecule has 2 unspecified atom stereocenters. The number of ether oxygens (including phenoxy) is 1. The highest BCUT2D eigenvalue weighted by atomic mass is 16.5. The molecule has 1 N–H and O–H groups in total. The van der Waals surface area contributed by atoms with Crippen molar-refractivity contribution >= 4 is 5.91 Å². The van der Waals surface area contributed by atoms with Gasteiger partial charge in [0.1, 0.15) is 0 Å². The molecule has 0 saturated carbocycles. The standard InChI is InChI=1S/C9H15NO2/c11-9-8(2-1-4-10-9)7-3-5-12-6-7/h7-8H,1-6H2,(H,10,11). The Morgan fingerprint density at radius 2 is 2.33 bits per heavy atom. The van der Waals surface area contributed by atoms with Crippen LogP contribution in [-0.2, 0) is 9.53 Å². The van der Waals surface area contributed by atoms with Crippen LogP contribution in [0.4, 0.5) is 0 Å². The molecule has 0 aliphatic carbocycles. The van der Waals surface area contributed by atoms with Gasteiger partial charge in [-0.25, -0.2) is 0 Å². The molecule has 0 bridgehead atoms. The number of carbonyl (C=O) groups is 1. The molecule has 0 aromatic rings. The van der Waals surface area contributed by atoms with E-state index in [1.165, 1.54) is 0 Å². The molecular formula is C9H15NO2. The van der Waals surface area contributed by atoms with Gasteiger partial charge >= 0.3 is 0 Å². The van der Waals surface area contributed by atoms with Gasteiger partial charge in [0, 0.05) is 19.1 Å². The normalized spacial score (nSPS) is 36.5. The topological polar surface area (TPSA) is 38.3 Å². The monoisotopic (exact) mass is 169 g/mol. The second-order valence-electron chi connectivity index (χ2n) is 3.66. The first kappa shape index (κ1) is 8.05. The van der Waals surface area contributed by atoms with E-state index in [0.29, 0.717) is 5.92 Å². The highest BCUT2D eigenvalue weighted by molar-refractivity contribution is 5.79. The molecular weight excluding hydrogens is 154 g/mol. The summed E-state index contributed by atoms with van der Waals surface area (Å²) in [5.41, 5.74) is 0. The molecule has 2 saturated heterocycles. The van der Waals surface area contributed by atoms with Crippen LogP contribution < -0.4 is 5.32 Å². The van der Waals surface area contributed by atoms with Crippen LogP contribution in [0, 0.1) is 11.8 Å². The van der Waals surface area contributed by atoms with Gasteiger partial charge in [-0.1, -0.05) is 0 Å². The lowest BCUT2D eigenvalue weighted by molar-refractivity contribution is -0.128. The van der Waals surface area contributed by atoms with Crippen molar-refractivity contribution in [3.05, 3.63) is 0 Å². The predicted molar refractivity (Wildman–Crippen MR) is 44.7 cm³/mol. The Hall–Kier alpha value is -0.570. The van der Waals surface area contributed by atoms with Crippen LogP contribution in [0.5, 0.6) is 0 Å². The first-order valence-electron chi connectivity index (χ1n) is 4.73. The second kappa shape index (κ2) is 3.44. The zero-order valence-electron chi connectivity index (χ0n) is 7.21. The molecule has 68 valence electrons. The summed E-state index contributed by atoms with van der Waals surface area (Å²) in [6.45, 7) is 2.50. The minimum atomic E-state index is 0.237. The van der Waals surface area contributed by atoms with Gasteiger partial charge in [0.25, 0.3) is 0 Å². The van der Waals surface area contributed by atoms with E-state index in [4.69, 9.17) is 4.74 Å². The highest BCUT2D eigenvalue weighted by Gasteiger charge is 2.32. The van der Waals surface area contributed by atoms with Crippen molar-refractivity contribution in [1.29, 1.82) is 0 Å². The van der Waals surface area contributed by atoms with E-state index in [9.17, 15) is 4.79 Å². The van der Waals surface area contributed by atoms with E-state index in [0.717, 1.165) is 39.0 Å². The summed E-state index contributed by atoms with van der Waals surface area (Å²) in [4.78, 5) is 11.4. The van der Waals surface area contributed by atoms with Crippen molar-refractivity contribution in [2.45, 2.75) is 19.3 Å². The Morgan fingerprint density at radius 3 is 3.00 bits per heavy atom. The van der Waals surface area contributed by atoms with E-state index in [2.05, 4.69) is 5.32 Å². The summed E-state index contributed by atoms with van der Waals surface area (Å²) in [5.74, 6) is 0.975. The van der Waals surface area contributed by atoms with E-state index in [1.807, 2.05) is 0 Å². The van der Waals surface area contributed by atoms with Crippen molar-refractivity contribution in [2.24, 2.45) is 11.8 Å². The van der Waals surface area contributed by atoms with E-state index < -0.39 is 0 Å². The van der Waals surface area contributed by atoms with Crippen molar-refractivity contribution in [2.75, 3.05) is 19.8 Å². The zero-order chi connectivity index (χ0) is 8.39. The first-order chi connectivity index (χ1) is 5.88. The number of amides is 1. The van der Waals surface area contributed by atoms with Gasteiger partial charge in [-0.05, 0) is 25.2 Å². The molecule has 2 heterocycles. The average Bonchev–Trinajstić information content (AvgIpc) is 2.57. The van der Waals surface area contributed by atoms with E-state index in [-0.39, 0.29) is 11.8 Å². The van der Waals surface area contributed by atoms with Gasteiger partial charge in [0.2, 0.25) is 5.91 Å². The fraction of sp³-hybridized carbons (Fsp3) is 0.889. The molecule has 2 aliphatic heterocycles. The predicted octanol–water partition coefficient (Wildman–Crippen LogP) is 0.549. The SMILES string of the molecule is O=C1NCCCC1C1CCOC1. The highest BCUT2D eigenvalue weighted by Crippen LogP contribution is 2.27. The lowest BCUT2D eigenvalue weighted by atomic mass is 9.85. The molecule has 3 nitrogen and oxygen atoms in total. The minimum Gasteiger partial charge on any atom is -0.381 e. The zero-order valence-corrected chi connectivity index (χ0v) is 7.21.